The zero-order chi connectivity index (χ0) is 20.2. The quantitative estimate of drug-likeness (QED) is 0.649. The van der Waals surface area contributed by atoms with Crippen LogP contribution in [0.15, 0.2) is 54.6 Å². The van der Waals surface area contributed by atoms with Crippen molar-refractivity contribution in [1.29, 1.82) is 0 Å². The van der Waals surface area contributed by atoms with Crippen molar-refractivity contribution < 1.29 is 19.1 Å². The number of carbonyl (C=O) groups is 2. The van der Waals surface area contributed by atoms with Crippen molar-refractivity contribution >= 4 is 28.8 Å². The van der Waals surface area contributed by atoms with Gasteiger partial charge in [0.25, 0.3) is 5.91 Å². The molecule has 7 heteroatoms. The number of fused-ring (bicyclic) bond motifs is 1. The molecule has 6 nitrogen and oxygen atoms in total. The summed E-state index contributed by atoms with van der Waals surface area (Å²) < 4.78 is 10.6. The van der Waals surface area contributed by atoms with E-state index in [0.717, 1.165) is 16.0 Å². The Morgan fingerprint density at radius 1 is 1.00 bits per heavy atom. The highest BCUT2D eigenvalue weighted by Gasteiger charge is 2.16. The lowest BCUT2D eigenvalue weighted by Gasteiger charge is -2.05. The van der Waals surface area contributed by atoms with Crippen LogP contribution in [0.1, 0.15) is 25.7 Å². The fourth-order valence-corrected chi connectivity index (χ4v) is 3.91. The minimum absolute atomic E-state index is 0.107. The summed E-state index contributed by atoms with van der Waals surface area (Å²) in [6, 6.07) is 16.8. The third-order valence-corrected chi connectivity index (χ3v) is 5.56. The number of ether oxygens (including phenoxy) is 2. The average molecular weight is 408 g/mol. The Morgan fingerprint density at radius 2 is 1.79 bits per heavy atom. The number of thiophene rings is 1. The average Bonchev–Trinajstić information content (AvgIpc) is 3.33. The van der Waals surface area contributed by atoms with Gasteiger partial charge in [0, 0.05) is 11.4 Å². The van der Waals surface area contributed by atoms with Crippen molar-refractivity contribution in [1.82, 2.24) is 5.32 Å². The highest BCUT2D eigenvalue weighted by atomic mass is 32.1. The first-order valence-corrected chi connectivity index (χ1v) is 10.0. The van der Waals surface area contributed by atoms with Crippen LogP contribution in [0.4, 0.5) is 5.69 Å². The van der Waals surface area contributed by atoms with Gasteiger partial charge in [0.15, 0.2) is 11.5 Å². The first kappa shape index (κ1) is 19.0. The SMILES string of the molecule is Cc1sc(C(=O)NCc2ccc3c(c2)OCO3)cc1NC(=O)Cc1ccccc1. The molecule has 0 spiro atoms. The number of hydrogen-bond acceptors (Lipinski definition) is 5. The molecule has 2 aromatic carbocycles. The molecule has 0 atom stereocenters. The molecule has 2 heterocycles. The lowest BCUT2D eigenvalue weighted by molar-refractivity contribution is -0.115. The maximum absolute atomic E-state index is 12.5. The molecular weight excluding hydrogens is 388 g/mol. The van der Waals surface area contributed by atoms with Crippen LogP contribution in [0.2, 0.25) is 0 Å². The third-order valence-electron chi connectivity index (χ3n) is 4.51. The lowest BCUT2D eigenvalue weighted by Crippen LogP contribution is -2.21. The Morgan fingerprint density at radius 3 is 2.62 bits per heavy atom. The van der Waals surface area contributed by atoms with Gasteiger partial charge in [0.2, 0.25) is 12.7 Å². The van der Waals surface area contributed by atoms with Crippen molar-refractivity contribution in [2.45, 2.75) is 19.9 Å². The maximum Gasteiger partial charge on any atom is 0.261 e. The Balaban J connectivity index is 1.35. The van der Waals surface area contributed by atoms with Gasteiger partial charge >= 0.3 is 0 Å². The predicted molar refractivity (Wildman–Crippen MR) is 112 cm³/mol. The van der Waals surface area contributed by atoms with E-state index >= 15 is 0 Å². The first-order chi connectivity index (χ1) is 14.1. The van der Waals surface area contributed by atoms with E-state index in [1.165, 1.54) is 11.3 Å². The number of rotatable bonds is 6. The summed E-state index contributed by atoms with van der Waals surface area (Å²) in [5.74, 6) is 1.11. The molecule has 3 aromatic rings. The van der Waals surface area contributed by atoms with E-state index in [-0.39, 0.29) is 18.6 Å². The molecule has 0 aliphatic carbocycles. The van der Waals surface area contributed by atoms with Crippen LogP contribution in [0.25, 0.3) is 0 Å². The van der Waals surface area contributed by atoms with Crippen molar-refractivity contribution in [2.75, 3.05) is 12.1 Å². The van der Waals surface area contributed by atoms with E-state index < -0.39 is 0 Å². The van der Waals surface area contributed by atoms with Crippen molar-refractivity contribution in [3.05, 3.63) is 75.5 Å². The lowest BCUT2D eigenvalue weighted by atomic mass is 10.1. The fourth-order valence-electron chi connectivity index (χ4n) is 3.01. The molecule has 0 radical (unpaired) electrons. The van der Waals surface area contributed by atoms with E-state index in [1.54, 1.807) is 6.07 Å². The Hall–Kier alpha value is -3.32. The summed E-state index contributed by atoms with van der Waals surface area (Å²) in [7, 11) is 0. The minimum atomic E-state index is -0.181. The van der Waals surface area contributed by atoms with Gasteiger partial charge < -0.3 is 20.1 Å². The summed E-state index contributed by atoms with van der Waals surface area (Å²) in [5, 5.41) is 5.80. The summed E-state index contributed by atoms with van der Waals surface area (Å²) in [6.45, 7) is 2.48. The van der Waals surface area contributed by atoms with E-state index in [1.807, 2.05) is 55.5 Å². The van der Waals surface area contributed by atoms with E-state index in [9.17, 15) is 9.59 Å². The Bertz CT molecular complexity index is 1050. The van der Waals surface area contributed by atoms with Crippen molar-refractivity contribution in [2.24, 2.45) is 0 Å². The third kappa shape index (κ3) is 4.57. The summed E-state index contributed by atoms with van der Waals surface area (Å²) in [4.78, 5) is 26.3. The minimum Gasteiger partial charge on any atom is -0.454 e. The molecule has 0 fully saturated rings. The first-order valence-electron chi connectivity index (χ1n) is 9.19. The van der Waals surface area contributed by atoms with Gasteiger partial charge in [0.05, 0.1) is 17.0 Å². The number of amides is 2. The highest BCUT2D eigenvalue weighted by Crippen LogP contribution is 2.32. The zero-order valence-corrected chi connectivity index (χ0v) is 16.7. The maximum atomic E-state index is 12.5. The molecule has 1 aromatic heterocycles. The number of aryl methyl sites for hydroxylation is 1. The number of anilines is 1. The van der Waals surface area contributed by atoms with Gasteiger partial charge in [-0.2, -0.15) is 0 Å². The van der Waals surface area contributed by atoms with Gasteiger partial charge in [-0.1, -0.05) is 36.4 Å². The van der Waals surface area contributed by atoms with Crippen LogP contribution < -0.4 is 20.1 Å². The van der Waals surface area contributed by atoms with Gasteiger partial charge in [-0.15, -0.1) is 11.3 Å². The number of nitrogens with one attached hydrogen (secondary N) is 2. The van der Waals surface area contributed by atoms with Gasteiger partial charge in [-0.3, -0.25) is 9.59 Å². The summed E-state index contributed by atoms with van der Waals surface area (Å²) in [5.41, 5.74) is 2.54. The normalized spacial score (nSPS) is 11.9. The predicted octanol–water partition coefficient (Wildman–Crippen LogP) is 3.90. The van der Waals surface area contributed by atoms with E-state index in [2.05, 4.69) is 10.6 Å². The molecule has 4 rings (SSSR count). The van der Waals surface area contributed by atoms with E-state index in [4.69, 9.17) is 9.47 Å². The molecule has 0 unspecified atom stereocenters. The molecule has 1 aliphatic heterocycles. The summed E-state index contributed by atoms with van der Waals surface area (Å²) in [6.07, 6.45) is 0.293. The van der Waals surface area contributed by atoms with Gasteiger partial charge in [0.1, 0.15) is 0 Å². The van der Waals surface area contributed by atoms with Crippen molar-refractivity contribution in [3.8, 4) is 11.5 Å². The molecular formula is C22H20N2O4S. The van der Waals surface area contributed by atoms with Crippen LogP contribution in [-0.2, 0) is 17.8 Å². The second-order valence-electron chi connectivity index (χ2n) is 6.66. The van der Waals surface area contributed by atoms with Crippen LogP contribution >= 0.6 is 11.3 Å². The van der Waals surface area contributed by atoms with Crippen LogP contribution in [0, 0.1) is 6.92 Å². The van der Waals surface area contributed by atoms with Gasteiger partial charge in [-0.05, 0) is 36.2 Å². The molecule has 0 saturated carbocycles. The molecule has 2 amide bonds. The largest absolute Gasteiger partial charge is 0.454 e. The molecule has 0 saturated heterocycles. The fraction of sp³-hybridized carbons (Fsp3) is 0.182. The molecule has 0 bridgehead atoms. The summed E-state index contributed by atoms with van der Waals surface area (Å²) >= 11 is 1.35. The second-order valence-corrected chi connectivity index (χ2v) is 7.92. The second kappa shape index (κ2) is 8.36. The number of hydrogen-bond donors (Lipinski definition) is 2. The Labute approximate surface area is 172 Å². The molecule has 1 aliphatic rings. The standard InChI is InChI=1S/C22H20N2O4S/c1-14-17(24-21(25)10-15-5-3-2-4-6-15)11-20(29-14)22(26)23-12-16-7-8-18-19(9-16)28-13-27-18/h2-9,11H,10,12-13H2,1H3,(H,23,26)(H,24,25). The van der Waals surface area contributed by atoms with Crippen molar-refractivity contribution in [3.63, 3.8) is 0 Å². The number of benzene rings is 2. The topological polar surface area (TPSA) is 76.7 Å². The van der Waals surface area contributed by atoms with Gasteiger partial charge in [-0.25, -0.2) is 0 Å². The smallest absolute Gasteiger partial charge is 0.261 e. The molecule has 29 heavy (non-hydrogen) atoms. The van der Waals surface area contributed by atoms with Crippen LogP contribution in [-0.4, -0.2) is 18.6 Å². The van der Waals surface area contributed by atoms with Crippen LogP contribution in [0.3, 0.4) is 0 Å². The molecule has 148 valence electrons. The van der Waals surface area contributed by atoms with E-state index in [0.29, 0.717) is 35.0 Å². The highest BCUT2D eigenvalue weighted by molar-refractivity contribution is 7.14. The monoisotopic (exact) mass is 408 g/mol. The Kier molecular flexibility index (Phi) is 5.48. The number of carbonyl (C=O) groups excluding carboxylic acids is 2. The zero-order valence-electron chi connectivity index (χ0n) is 15.9. The van der Waals surface area contributed by atoms with Crippen LogP contribution in [0.5, 0.6) is 11.5 Å². The molecule has 2 N–H and O–H groups in total.